The van der Waals surface area contributed by atoms with E-state index in [1.54, 1.807) is 0 Å². The zero-order valence-electron chi connectivity index (χ0n) is 18.7. The van der Waals surface area contributed by atoms with Gasteiger partial charge in [0.2, 0.25) is 5.95 Å². The van der Waals surface area contributed by atoms with Gasteiger partial charge in [-0.25, -0.2) is 9.97 Å². The smallest absolute Gasteiger partial charge is 0.223 e. The van der Waals surface area contributed by atoms with Gasteiger partial charge in [-0.3, -0.25) is 0 Å². The number of hydrogen-bond donors (Lipinski definition) is 2. The predicted molar refractivity (Wildman–Crippen MR) is 126 cm³/mol. The van der Waals surface area contributed by atoms with Gasteiger partial charge in [-0.15, -0.1) is 0 Å². The fourth-order valence-corrected chi connectivity index (χ4v) is 5.00. The van der Waals surface area contributed by atoms with Crippen LogP contribution in [0.5, 0.6) is 0 Å². The van der Waals surface area contributed by atoms with E-state index in [2.05, 4.69) is 59.8 Å². The molecule has 2 aliphatic rings. The molecule has 0 amide bonds. The highest BCUT2D eigenvalue weighted by Crippen LogP contribution is 2.33. The van der Waals surface area contributed by atoms with Crippen LogP contribution in [-0.4, -0.2) is 34.2 Å². The molecule has 1 fully saturated rings. The maximum Gasteiger partial charge on any atom is 0.223 e. The van der Waals surface area contributed by atoms with Gasteiger partial charge in [0.15, 0.2) is 0 Å². The number of anilines is 1. The Bertz CT molecular complexity index is 1020. The van der Waals surface area contributed by atoms with E-state index < -0.39 is 0 Å². The van der Waals surface area contributed by atoms with Crippen molar-refractivity contribution < 1.29 is 0 Å². The Morgan fingerprint density at radius 3 is 2.90 bits per heavy atom. The lowest BCUT2D eigenvalue weighted by Gasteiger charge is -2.37. The first kappa shape index (κ1) is 20.9. The van der Waals surface area contributed by atoms with Crippen molar-refractivity contribution in [2.45, 2.75) is 53.0 Å². The zero-order valence-corrected chi connectivity index (χ0v) is 18.7. The summed E-state index contributed by atoms with van der Waals surface area (Å²) in [7, 11) is 0. The van der Waals surface area contributed by atoms with E-state index in [1.165, 1.54) is 35.4 Å². The number of piperidine rings is 1. The third-order valence-corrected chi connectivity index (χ3v) is 6.83. The number of nitrogens with zero attached hydrogens (tertiary/aromatic N) is 3. The van der Waals surface area contributed by atoms with Gasteiger partial charge in [0.05, 0.1) is 5.69 Å². The molecule has 0 atom stereocenters. The third kappa shape index (κ3) is 4.22. The molecular weight excluding hydrogens is 370 g/mol. The number of fused-ring (bicyclic) bond motifs is 1. The molecule has 2 aliphatic heterocycles. The summed E-state index contributed by atoms with van der Waals surface area (Å²) in [5.74, 6) is 1.43. The second-order valence-corrected chi connectivity index (χ2v) is 9.42. The Morgan fingerprint density at radius 2 is 2.13 bits per heavy atom. The van der Waals surface area contributed by atoms with Crippen LogP contribution in [0.3, 0.4) is 0 Å². The van der Waals surface area contributed by atoms with Gasteiger partial charge in [0.25, 0.3) is 0 Å². The van der Waals surface area contributed by atoms with Gasteiger partial charge in [-0.2, -0.15) is 0 Å². The second kappa shape index (κ2) is 8.76. The number of aryl methyl sites for hydroxylation is 1. The number of nitrogens with one attached hydrogen (secondary N) is 2. The van der Waals surface area contributed by atoms with Crippen LogP contribution in [0.25, 0.3) is 22.9 Å². The minimum absolute atomic E-state index is 0.213. The molecular formula is C25H35N5. The monoisotopic (exact) mass is 405 g/mol. The predicted octanol–water partition coefficient (Wildman–Crippen LogP) is 3.31. The molecule has 160 valence electrons. The first-order valence-electron chi connectivity index (χ1n) is 11.3. The van der Waals surface area contributed by atoms with Crippen LogP contribution >= 0.6 is 0 Å². The molecule has 2 aromatic heterocycles. The molecule has 0 saturated carbocycles. The van der Waals surface area contributed by atoms with Gasteiger partial charge in [0.1, 0.15) is 0 Å². The fraction of sp³-hybridized carbons (Fsp3) is 0.520. The summed E-state index contributed by atoms with van der Waals surface area (Å²) < 4.78 is 2.37. The summed E-state index contributed by atoms with van der Waals surface area (Å²) in [6, 6.07) is 2.01. The number of allylic oxidation sites excluding steroid dienone is 1. The minimum Gasteiger partial charge on any atom is -0.354 e. The van der Waals surface area contributed by atoms with Gasteiger partial charge >= 0.3 is 0 Å². The lowest BCUT2D eigenvalue weighted by molar-refractivity contribution is 0.180. The lowest BCUT2D eigenvalue weighted by Crippen LogP contribution is -2.39. The SMILES string of the molecule is C=C/C=c1/c(-c2ccnc(NCC(C)(C)C3CCNCC3)n2)cn2c1=C(C)CCC2. The van der Waals surface area contributed by atoms with E-state index in [1.807, 2.05) is 18.3 Å². The Hall–Kier alpha value is -2.40. The van der Waals surface area contributed by atoms with Crippen LogP contribution in [0.15, 0.2) is 31.1 Å². The van der Waals surface area contributed by atoms with Crippen molar-refractivity contribution in [1.29, 1.82) is 0 Å². The average molecular weight is 406 g/mol. The van der Waals surface area contributed by atoms with E-state index in [4.69, 9.17) is 4.98 Å². The topological polar surface area (TPSA) is 54.8 Å². The van der Waals surface area contributed by atoms with Crippen molar-refractivity contribution in [1.82, 2.24) is 19.9 Å². The molecule has 5 nitrogen and oxygen atoms in total. The van der Waals surface area contributed by atoms with E-state index in [0.717, 1.165) is 49.8 Å². The molecule has 4 rings (SSSR count). The van der Waals surface area contributed by atoms with Crippen LogP contribution in [0.2, 0.25) is 0 Å². The highest BCUT2D eigenvalue weighted by molar-refractivity contribution is 5.65. The van der Waals surface area contributed by atoms with Crippen molar-refractivity contribution in [3.05, 3.63) is 41.7 Å². The summed E-state index contributed by atoms with van der Waals surface area (Å²) in [6.07, 6.45) is 12.9. The Morgan fingerprint density at radius 1 is 1.33 bits per heavy atom. The molecule has 0 bridgehead atoms. The molecule has 2 N–H and O–H groups in total. The largest absolute Gasteiger partial charge is 0.354 e. The van der Waals surface area contributed by atoms with E-state index >= 15 is 0 Å². The van der Waals surface area contributed by atoms with E-state index in [9.17, 15) is 0 Å². The Labute approximate surface area is 180 Å². The summed E-state index contributed by atoms with van der Waals surface area (Å²) >= 11 is 0. The van der Waals surface area contributed by atoms with Crippen LogP contribution in [0, 0.1) is 11.3 Å². The molecule has 0 aliphatic carbocycles. The van der Waals surface area contributed by atoms with Crippen molar-refractivity contribution in [2.75, 3.05) is 25.0 Å². The molecule has 30 heavy (non-hydrogen) atoms. The van der Waals surface area contributed by atoms with Crippen molar-refractivity contribution >= 4 is 17.6 Å². The summed E-state index contributed by atoms with van der Waals surface area (Å²) in [4.78, 5) is 9.40. The van der Waals surface area contributed by atoms with Crippen molar-refractivity contribution in [3.8, 4) is 11.3 Å². The van der Waals surface area contributed by atoms with E-state index in [0.29, 0.717) is 5.95 Å². The molecule has 2 aromatic rings. The van der Waals surface area contributed by atoms with Crippen LogP contribution < -0.4 is 21.2 Å². The van der Waals surface area contributed by atoms with E-state index in [-0.39, 0.29) is 5.41 Å². The van der Waals surface area contributed by atoms with Crippen molar-refractivity contribution in [2.24, 2.45) is 11.3 Å². The molecule has 4 heterocycles. The average Bonchev–Trinajstić information content (AvgIpc) is 3.13. The van der Waals surface area contributed by atoms with Crippen molar-refractivity contribution in [3.63, 3.8) is 0 Å². The zero-order chi connectivity index (χ0) is 21.1. The van der Waals surface area contributed by atoms with Gasteiger partial charge in [0, 0.05) is 41.6 Å². The van der Waals surface area contributed by atoms with Gasteiger partial charge < -0.3 is 15.2 Å². The van der Waals surface area contributed by atoms with Crippen LogP contribution in [-0.2, 0) is 6.54 Å². The van der Waals surface area contributed by atoms with Gasteiger partial charge in [-0.1, -0.05) is 32.6 Å². The number of rotatable bonds is 6. The summed E-state index contributed by atoms with van der Waals surface area (Å²) in [5, 5.41) is 9.55. The summed E-state index contributed by atoms with van der Waals surface area (Å²) in [6.45, 7) is 15.1. The highest BCUT2D eigenvalue weighted by Gasteiger charge is 2.30. The van der Waals surface area contributed by atoms with Crippen LogP contribution in [0.1, 0.15) is 46.5 Å². The fourth-order valence-electron chi connectivity index (χ4n) is 5.00. The maximum absolute atomic E-state index is 4.89. The highest BCUT2D eigenvalue weighted by atomic mass is 15.1. The number of hydrogen-bond acceptors (Lipinski definition) is 4. The lowest BCUT2D eigenvalue weighted by atomic mass is 9.74. The van der Waals surface area contributed by atoms with Crippen LogP contribution in [0.4, 0.5) is 5.95 Å². The third-order valence-electron chi connectivity index (χ3n) is 6.83. The Balaban J connectivity index is 1.61. The first-order valence-corrected chi connectivity index (χ1v) is 11.3. The normalized spacial score (nSPS) is 18.4. The first-order chi connectivity index (χ1) is 14.5. The second-order valence-electron chi connectivity index (χ2n) is 9.42. The molecule has 0 radical (unpaired) electrons. The molecule has 0 spiro atoms. The molecule has 1 saturated heterocycles. The maximum atomic E-state index is 4.89. The summed E-state index contributed by atoms with van der Waals surface area (Å²) in [5.41, 5.74) is 3.78. The van der Waals surface area contributed by atoms with Gasteiger partial charge in [-0.05, 0) is 68.7 Å². The molecule has 0 unspecified atom stereocenters. The molecule has 5 heteroatoms. The Kier molecular flexibility index (Phi) is 6.09. The number of aromatic nitrogens is 3. The molecule has 0 aromatic carbocycles. The quantitative estimate of drug-likeness (QED) is 0.774. The minimum atomic E-state index is 0.213. The standard InChI is InChI=1S/C25H35N5/c1-5-7-20-21(16-30-15-6-8-18(2)23(20)30)22-11-14-27-24(29-22)28-17-25(3,4)19-9-12-26-13-10-19/h5,7,11,14,16,19,26H,1,6,8-10,12-13,15,17H2,2-4H3,(H,27,28,29)/b20-7-.